The lowest BCUT2D eigenvalue weighted by atomic mass is 10.1. The molecular formula is C11H15NO3S. The quantitative estimate of drug-likeness (QED) is 0.827. The molecule has 1 heterocycles. The van der Waals surface area contributed by atoms with Crippen LogP contribution in [0.3, 0.4) is 0 Å². The Morgan fingerprint density at radius 1 is 1.50 bits per heavy atom. The molecule has 0 aromatic carbocycles. The van der Waals surface area contributed by atoms with Crippen LogP contribution < -0.4 is 5.32 Å². The van der Waals surface area contributed by atoms with Crippen molar-refractivity contribution >= 4 is 23.2 Å². The van der Waals surface area contributed by atoms with Crippen molar-refractivity contribution in [1.29, 1.82) is 0 Å². The predicted molar refractivity (Wildman–Crippen MR) is 62.8 cm³/mol. The molecule has 5 heteroatoms. The summed E-state index contributed by atoms with van der Waals surface area (Å²) in [4.78, 5) is 22.1. The Hall–Kier alpha value is -1.36. The SMILES string of the molecule is Cc1cscc1C(=O)NCC(C)CC(=O)O. The standard InChI is InChI=1S/C11H15NO3S/c1-7(3-10(13)14)4-12-11(15)9-6-16-5-8(9)2/h5-7H,3-4H2,1-2H3,(H,12,15)(H,13,14). The number of aliphatic carboxylic acids is 1. The Morgan fingerprint density at radius 2 is 2.19 bits per heavy atom. The monoisotopic (exact) mass is 241 g/mol. The van der Waals surface area contributed by atoms with Gasteiger partial charge in [0.05, 0.1) is 5.56 Å². The Kier molecular flexibility index (Phi) is 4.49. The highest BCUT2D eigenvalue weighted by atomic mass is 32.1. The van der Waals surface area contributed by atoms with E-state index in [0.717, 1.165) is 5.56 Å². The van der Waals surface area contributed by atoms with E-state index in [1.807, 2.05) is 12.3 Å². The molecule has 0 spiro atoms. The number of carboxylic acid groups (broad SMARTS) is 1. The summed E-state index contributed by atoms with van der Waals surface area (Å²) < 4.78 is 0. The minimum absolute atomic E-state index is 0.0552. The summed E-state index contributed by atoms with van der Waals surface area (Å²) in [5, 5.41) is 15.0. The number of amides is 1. The molecule has 1 unspecified atom stereocenters. The van der Waals surface area contributed by atoms with Gasteiger partial charge in [0, 0.05) is 18.3 Å². The Balaban J connectivity index is 2.42. The molecule has 4 nitrogen and oxygen atoms in total. The molecule has 0 saturated heterocycles. The second kappa shape index (κ2) is 5.65. The zero-order valence-corrected chi connectivity index (χ0v) is 10.1. The Labute approximate surface area is 98.3 Å². The lowest BCUT2D eigenvalue weighted by molar-refractivity contribution is -0.137. The molecule has 0 radical (unpaired) electrons. The summed E-state index contributed by atoms with van der Waals surface area (Å²) in [7, 11) is 0. The molecule has 1 atom stereocenters. The highest BCUT2D eigenvalue weighted by molar-refractivity contribution is 7.08. The molecule has 0 bridgehead atoms. The number of hydrogen-bond donors (Lipinski definition) is 2. The smallest absolute Gasteiger partial charge is 0.303 e. The van der Waals surface area contributed by atoms with Crippen molar-refractivity contribution in [3.63, 3.8) is 0 Å². The first kappa shape index (κ1) is 12.7. The van der Waals surface area contributed by atoms with Crippen molar-refractivity contribution in [2.45, 2.75) is 20.3 Å². The average molecular weight is 241 g/mol. The summed E-state index contributed by atoms with van der Waals surface area (Å²) in [5.74, 6) is -1.02. The minimum Gasteiger partial charge on any atom is -0.481 e. The average Bonchev–Trinajstić information content (AvgIpc) is 2.60. The van der Waals surface area contributed by atoms with Gasteiger partial charge < -0.3 is 10.4 Å². The van der Waals surface area contributed by atoms with E-state index < -0.39 is 5.97 Å². The molecular weight excluding hydrogens is 226 g/mol. The summed E-state index contributed by atoms with van der Waals surface area (Å²) in [6.07, 6.45) is 0.0723. The number of thiophene rings is 1. The van der Waals surface area contributed by atoms with E-state index in [1.54, 1.807) is 12.3 Å². The predicted octanol–water partition coefficient (Wildman–Crippen LogP) is 1.90. The molecule has 2 N–H and O–H groups in total. The fourth-order valence-corrected chi connectivity index (χ4v) is 2.15. The molecule has 0 aliphatic heterocycles. The molecule has 0 fully saturated rings. The van der Waals surface area contributed by atoms with Crippen LogP contribution in [0.4, 0.5) is 0 Å². The number of hydrogen-bond acceptors (Lipinski definition) is 3. The van der Waals surface area contributed by atoms with Gasteiger partial charge in [0.15, 0.2) is 0 Å². The molecule has 0 saturated carbocycles. The van der Waals surface area contributed by atoms with Gasteiger partial charge in [-0.25, -0.2) is 0 Å². The van der Waals surface area contributed by atoms with E-state index in [9.17, 15) is 9.59 Å². The van der Waals surface area contributed by atoms with E-state index in [0.29, 0.717) is 12.1 Å². The van der Waals surface area contributed by atoms with Crippen molar-refractivity contribution in [3.8, 4) is 0 Å². The summed E-state index contributed by atoms with van der Waals surface area (Å²) in [6, 6.07) is 0. The van der Waals surface area contributed by atoms with Gasteiger partial charge >= 0.3 is 5.97 Å². The summed E-state index contributed by atoms with van der Waals surface area (Å²) >= 11 is 1.48. The number of nitrogens with one attached hydrogen (secondary N) is 1. The summed E-state index contributed by atoms with van der Waals surface area (Å²) in [6.45, 7) is 4.07. The van der Waals surface area contributed by atoms with Gasteiger partial charge in [-0.15, -0.1) is 0 Å². The van der Waals surface area contributed by atoms with Crippen molar-refractivity contribution in [2.24, 2.45) is 5.92 Å². The van der Waals surface area contributed by atoms with Crippen LogP contribution in [0, 0.1) is 12.8 Å². The third kappa shape index (κ3) is 3.66. The first-order valence-corrected chi connectivity index (χ1v) is 5.97. The number of carbonyl (C=O) groups is 2. The van der Waals surface area contributed by atoms with E-state index >= 15 is 0 Å². The maximum atomic E-state index is 11.7. The Bertz CT molecular complexity index is 386. The first-order valence-electron chi connectivity index (χ1n) is 5.03. The minimum atomic E-state index is -0.839. The van der Waals surface area contributed by atoms with Crippen LogP contribution in [-0.2, 0) is 4.79 Å². The van der Waals surface area contributed by atoms with Crippen LogP contribution in [0.15, 0.2) is 10.8 Å². The van der Waals surface area contributed by atoms with Crippen LogP contribution in [0.5, 0.6) is 0 Å². The van der Waals surface area contributed by atoms with Crippen LogP contribution in [-0.4, -0.2) is 23.5 Å². The maximum absolute atomic E-state index is 11.7. The van der Waals surface area contributed by atoms with Crippen LogP contribution >= 0.6 is 11.3 Å². The van der Waals surface area contributed by atoms with Crippen molar-refractivity contribution in [1.82, 2.24) is 5.32 Å². The highest BCUT2D eigenvalue weighted by Gasteiger charge is 2.12. The van der Waals surface area contributed by atoms with Gasteiger partial charge in [0.1, 0.15) is 0 Å². The molecule has 0 aliphatic rings. The van der Waals surface area contributed by atoms with E-state index in [-0.39, 0.29) is 18.2 Å². The van der Waals surface area contributed by atoms with Crippen LogP contribution in [0.2, 0.25) is 0 Å². The van der Waals surface area contributed by atoms with Gasteiger partial charge in [-0.3, -0.25) is 9.59 Å². The molecule has 1 rings (SSSR count). The fraction of sp³-hybridized carbons (Fsp3) is 0.455. The Morgan fingerprint density at radius 3 is 2.69 bits per heavy atom. The highest BCUT2D eigenvalue weighted by Crippen LogP contribution is 2.13. The molecule has 16 heavy (non-hydrogen) atoms. The van der Waals surface area contributed by atoms with Gasteiger partial charge in [-0.1, -0.05) is 6.92 Å². The normalized spacial score (nSPS) is 12.1. The van der Waals surface area contributed by atoms with Crippen LogP contribution in [0.25, 0.3) is 0 Å². The molecule has 1 amide bonds. The third-order valence-electron chi connectivity index (χ3n) is 2.23. The number of rotatable bonds is 5. The summed E-state index contributed by atoms with van der Waals surface area (Å²) in [5.41, 5.74) is 1.63. The van der Waals surface area contributed by atoms with E-state index in [4.69, 9.17) is 5.11 Å². The van der Waals surface area contributed by atoms with Gasteiger partial charge in [-0.05, 0) is 23.8 Å². The zero-order valence-electron chi connectivity index (χ0n) is 9.32. The van der Waals surface area contributed by atoms with Crippen molar-refractivity contribution in [3.05, 3.63) is 21.9 Å². The maximum Gasteiger partial charge on any atom is 0.303 e. The van der Waals surface area contributed by atoms with Crippen molar-refractivity contribution in [2.75, 3.05) is 6.54 Å². The lowest BCUT2D eigenvalue weighted by Gasteiger charge is -2.10. The van der Waals surface area contributed by atoms with Gasteiger partial charge in [0.25, 0.3) is 5.91 Å². The topological polar surface area (TPSA) is 66.4 Å². The van der Waals surface area contributed by atoms with E-state index in [2.05, 4.69) is 5.32 Å². The molecule has 88 valence electrons. The molecule has 1 aromatic heterocycles. The number of aryl methyl sites for hydroxylation is 1. The first-order chi connectivity index (χ1) is 7.50. The zero-order chi connectivity index (χ0) is 12.1. The van der Waals surface area contributed by atoms with Crippen LogP contribution in [0.1, 0.15) is 29.3 Å². The largest absolute Gasteiger partial charge is 0.481 e. The second-order valence-electron chi connectivity index (χ2n) is 3.88. The molecule has 1 aromatic rings. The number of carboxylic acids is 1. The number of carbonyl (C=O) groups excluding carboxylic acids is 1. The lowest BCUT2D eigenvalue weighted by Crippen LogP contribution is -2.29. The second-order valence-corrected chi connectivity index (χ2v) is 4.63. The third-order valence-corrected chi connectivity index (χ3v) is 3.10. The van der Waals surface area contributed by atoms with E-state index in [1.165, 1.54) is 11.3 Å². The molecule has 0 aliphatic carbocycles. The van der Waals surface area contributed by atoms with Gasteiger partial charge in [-0.2, -0.15) is 11.3 Å². The van der Waals surface area contributed by atoms with Crippen molar-refractivity contribution < 1.29 is 14.7 Å². The van der Waals surface area contributed by atoms with Gasteiger partial charge in [0.2, 0.25) is 0 Å². The fourth-order valence-electron chi connectivity index (χ4n) is 1.33.